The third-order valence-corrected chi connectivity index (χ3v) is 2.93. The topological polar surface area (TPSA) is 99.3 Å². The van der Waals surface area contributed by atoms with Crippen molar-refractivity contribution in [2.24, 2.45) is 0 Å². The molecule has 2 N–H and O–H groups in total. The van der Waals surface area contributed by atoms with Crippen LogP contribution in [0.15, 0.2) is 23.1 Å². The maximum atomic E-state index is 12.3. The second-order valence-electron chi connectivity index (χ2n) is 4.21. The molecular weight excluding hydrogens is 250 g/mol. The summed E-state index contributed by atoms with van der Waals surface area (Å²) in [5.41, 5.74) is -0.253. The van der Waals surface area contributed by atoms with Gasteiger partial charge in [-0.2, -0.15) is 0 Å². The number of amides is 3. The summed E-state index contributed by atoms with van der Waals surface area (Å²) < 4.78 is 0. The van der Waals surface area contributed by atoms with Crippen LogP contribution < -0.4 is 10.9 Å². The molecule has 0 saturated carbocycles. The first-order valence-electron chi connectivity index (χ1n) is 5.86. The third-order valence-electron chi connectivity index (χ3n) is 2.93. The third kappa shape index (κ3) is 2.54. The quantitative estimate of drug-likeness (QED) is 0.686. The van der Waals surface area contributed by atoms with Crippen LogP contribution in [0.3, 0.4) is 0 Å². The fourth-order valence-electron chi connectivity index (χ4n) is 2.03. The van der Waals surface area contributed by atoms with Crippen molar-refractivity contribution in [3.8, 4) is 0 Å². The molecule has 0 bridgehead atoms. The van der Waals surface area contributed by atoms with Gasteiger partial charge < -0.3 is 9.88 Å². The maximum Gasteiger partial charge on any atom is 0.255 e. The van der Waals surface area contributed by atoms with E-state index in [1.54, 1.807) is 6.92 Å². The van der Waals surface area contributed by atoms with Gasteiger partial charge in [0.1, 0.15) is 12.6 Å². The largest absolute Gasteiger partial charge is 0.329 e. The normalized spacial score (nSPS) is 19.2. The Balaban J connectivity index is 2.32. The van der Waals surface area contributed by atoms with Crippen LogP contribution in [0.5, 0.6) is 0 Å². The Morgan fingerprint density at radius 3 is 2.79 bits per heavy atom. The first kappa shape index (κ1) is 13.0. The summed E-state index contributed by atoms with van der Waals surface area (Å²) in [5, 5.41) is 2.19. The molecule has 1 aliphatic heterocycles. The number of imide groups is 1. The summed E-state index contributed by atoms with van der Waals surface area (Å²) in [6.45, 7) is 1.56. The molecule has 2 rings (SSSR count). The highest BCUT2D eigenvalue weighted by Crippen LogP contribution is 2.13. The number of rotatable bonds is 2. The molecule has 7 nitrogen and oxygen atoms in total. The number of H-pyrrole nitrogens is 1. The van der Waals surface area contributed by atoms with Crippen LogP contribution in [0.4, 0.5) is 0 Å². The van der Waals surface area contributed by atoms with Gasteiger partial charge in [-0.3, -0.25) is 24.5 Å². The van der Waals surface area contributed by atoms with Crippen LogP contribution in [0.1, 0.15) is 23.7 Å². The number of carbonyl (C=O) groups is 3. The predicted molar refractivity (Wildman–Crippen MR) is 65.3 cm³/mol. The van der Waals surface area contributed by atoms with E-state index in [4.69, 9.17) is 0 Å². The number of carbonyl (C=O) groups excluding carboxylic acids is 3. The number of piperazine rings is 1. The van der Waals surface area contributed by atoms with Gasteiger partial charge in [-0.15, -0.1) is 0 Å². The second-order valence-corrected chi connectivity index (χ2v) is 4.21. The van der Waals surface area contributed by atoms with E-state index in [9.17, 15) is 19.2 Å². The Kier molecular flexibility index (Phi) is 3.46. The molecular formula is C12H13N3O4. The van der Waals surface area contributed by atoms with Crippen molar-refractivity contribution in [1.29, 1.82) is 0 Å². The molecule has 2 heterocycles. The first-order chi connectivity index (χ1) is 9.02. The molecule has 0 spiro atoms. The monoisotopic (exact) mass is 263 g/mol. The lowest BCUT2D eigenvalue weighted by Crippen LogP contribution is -2.59. The van der Waals surface area contributed by atoms with Gasteiger partial charge in [-0.05, 0) is 12.5 Å². The maximum absolute atomic E-state index is 12.3. The van der Waals surface area contributed by atoms with E-state index < -0.39 is 29.3 Å². The number of hydrogen-bond donors (Lipinski definition) is 2. The minimum absolute atomic E-state index is 0.157. The lowest BCUT2D eigenvalue weighted by Gasteiger charge is -2.33. The van der Waals surface area contributed by atoms with Crippen LogP contribution in [-0.4, -0.2) is 40.2 Å². The molecule has 3 amide bonds. The molecule has 0 radical (unpaired) electrons. The fraction of sp³-hybridized carbons (Fsp3) is 0.333. The number of aromatic amines is 1. The average Bonchev–Trinajstić information content (AvgIpc) is 2.37. The van der Waals surface area contributed by atoms with E-state index in [1.165, 1.54) is 17.2 Å². The summed E-state index contributed by atoms with van der Waals surface area (Å²) in [5.74, 6) is -1.51. The van der Waals surface area contributed by atoms with E-state index in [-0.39, 0.29) is 12.1 Å². The molecule has 0 aromatic carbocycles. The van der Waals surface area contributed by atoms with Crippen molar-refractivity contribution in [3.63, 3.8) is 0 Å². The summed E-state index contributed by atoms with van der Waals surface area (Å²) in [4.78, 5) is 50.0. The molecule has 1 aromatic heterocycles. The summed E-state index contributed by atoms with van der Waals surface area (Å²) in [6, 6.07) is 1.89. The minimum Gasteiger partial charge on any atom is -0.329 e. The zero-order valence-electron chi connectivity index (χ0n) is 10.3. The van der Waals surface area contributed by atoms with Gasteiger partial charge in [0, 0.05) is 17.8 Å². The molecule has 7 heteroatoms. The zero-order chi connectivity index (χ0) is 14.0. The standard InChI is InChI=1S/C12H13N3O4/c1-2-8-11(18)14-10(17)6-15(8)12(19)7-3-4-13-9(16)5-7/h3-5,8H,2,6H2,1H3,(H,13,16)(H,14,17,18). The van der Waals surface area contributed by atoms with E-state index in [1.807, 2.05) is 0 Å². The summed E-state index contributed by atoms with van der Waals surface area (Å²) in [7, 11) is 0. The molecule has 1 saturated heterocycles. The van der Waals surface area contributed by atoms with Crippen LogP contribution in [0.25, 0.3) is 0 Å². The molecule has 100 valence electrons. The number of hydrogen-bond acceptors (Lipinski definition) is 4. The van der Waals surface area contributed by atoms with E-state index >= 15 is 0 Å². The van der Waals surface area contributed by atoms with Crippen molar-refractivity contribution >= 4 is 17.7 Å². The molecule has 1 fully saturated rings. The van der Waals surface area contributed by atoms with Gasteiger partial charge in [-0.25, -0.2) is 0 Å². The number of aromatic nitrogens is 1. The van der Waals surface area contributed by atoms with Gasteiger partial charge in [0.25, 0.3) is 5.91 Å². The molecule has 19 heavy (non-hydrogen) atoms. The summed E-state index contributed by atoms with van der Waals surface area (Å²) >= 11 is 0. The summed E-state index contributed by atoms with van der Waals surface area (Å²) in [6.07, 6.45) is 1.75. The molecule has 0 aliphatic carbocycles. The molecule has 1 aliphatic rings. The van der Waals surface area contributed by atoms with E-state index in [2.05, 4.69) is 10.3 Å². The SMILES string of the molecule is CCC1C(=O)NC(=O)CN1C(=O)c1cc[nH]c(=O)c1. The van der Waals surface area contributed by atoms with Crippen molar-refractivity contribution in [2.75, 3.05) is 6.54 Å². The highest BCUT2D eigenvalue weighted by atomic mass is 16.2. The van der Waals surface area contributed by atoms with Crippen LogP contribution in [0, 0.1) is 0 Å². The van der Waals surface area contributed by atoms with Gasteiger partial charge in [-0.1, -0.05) is 6.92 Å². The fourth-order valence-corrected chi connectivity index (χ4v) is 2.03. The number of pyridine rings is 1. The van der Waals surface area contributed by atoms with Gasteiger partial charge in [0.15, 0.2) is 0 Å². The average molecular weight is 263 g/mol. The van der Waals surface area contributed by atoms with Crippen molar-refractivity contribution in [1.82, 2.24) is 15.2 Å². The molecule has 1 unspecified atom stereocenters. The number of nitrogens with one attached hydrogen (secondary N) is 2. The predicted octanol–water partition coefficient (Wildman–Crippen LogP) is -0.748. The highest BCUT2D eigenvalue weighted by Gasteiger charge is 2.35. The van der Waals surface area contributed by atoms with Gasteiger partial charge in [0.05, 0.1) is 0 Å². The second kappa shape index (κ2) is 5.05. The van der Waals surface area contributed by atoms with Crippen molar-refractivity contribution in [3.05, 3.63) is 34.2 Å². The molecule has 1 atom stereocenters. The van der Waals surface area contributed by atoms with Crippen LogP contribution in [-0.2, 0) is 9.59 Å². The Labute approximate surface area is 108 Å². The van der Waals surface area contributed by atoms with E-state index in [0.29, 0.717) is 6.42 Å². The van der Waals surface area contributed by atoms with Crippen LogP contribution >= 0.6 is 0 Å². The Hall–Kier alpha value is -2.44. The van der Waals surface area contributed by atoms with Crippen molar-refractivity contribution < 1.29 is 14.4 Å². The molecule has 1 aromatic rings. The van der Waals surface area contributed by atoms with Crippen molar-refractivity contribution in [2.45, 2.75) is 19.4 Å². The van der Waals surface area contributed by atoms with E-state index in [0.717, 1.165) is 6.07 Å². The first-order valence-corrected chi connectivity index (χ1v) is 5.86. The van der Waals surface area contributed by atoms with Gasteiger partial charge >= 0.3 is 0 Å². The lowest BCUT2D eigenvalue weighted by atomic mass is 10.1. The smallest absolute Gasteiger partial charge is 0.255 e. The highest BCUT2D eigenvalue weighted by molar-refractivity contribution is 6.07. The Morgan fingerprint density at radius 1 is 1.42 bits per heavy atom. The number of nitrogens with zero attached hydrogens (tertiary/aromatic N) is 1. The Morgan fingerprint density at radius 2 is 2.16 bits per heavy atom. The Bertz CT molecular complexity index is 593. The zero-order valence-corrected chi connectivity index (χ0v) is 10.3. The van der Waals surface area contributed by atoms with Gasteiger partial charge in [0.2, 0.25) is 17.4 Å². The minimum atomic E-state index is -0.690. The lowest BCUT2D eigenvalue weighted by molar-refractivity contribution is -0.138. The van der Waals surface area contributed by atoms with Crippen LogP contribution in [0.2, 0.25) is 0 Å².